The van der Waals surface area contributed by atoms with Gasteiger partial charge in [0.1, 0.15) is 24.4 Å². The van der Waals surface area contributed by atoms with E-state index in [1.807, 2.05) is 0 Å². The summed E-state index contributed by atoms with van der Waals surface area (Å²) in [5, 5.41) is 84.6. The summed E-state index contributed by atoms with van der Waals surface area (Å²) in [7, 11) is 0. The van der Waals surface area contributed by atoms with Gasteiger partial charge in [0.15, 0.2) is 0 Å². The van der Waals surface area contributed by atoms with Crippen LogP contribution in [0.4, 0.5) is 0 Å². The van der Waals surface area contributed by atoms with Crippen LogP contribution >= 0.6 is 0 Å². The van der Waals surface area contributed by atoms with E-state index in [1.165, 1.54) is 0 Å². The Balaban J connectivity index is -0.0000000794. The van der Waals surface area contributed by atoms with E-state index in [0.29, 0.717) is 10.5 Å². The van der Waals surface area contributed by atoms with Crippen LogP contribution in [0.3, 0.4) is 0 Å². The molecule has 0 rings (SSSR count). The van der Waals surface area contributed by atoms with E-state index in [9.17, 15) is 58.8 Å². The number of hydrogen-bond acceptors (Lipinski definition) is 24. The standard InChI is InChI=1S/C10H16N2O8.2C4H6O6.4Na.H2O2/c1-7(13)17-11(18-8(2)14)5-6-12(19-9(3)15)20-10(4)16;2*5-1(3(7)8)2(6)4(9)10;;;;;1-2/h5-6H2,1-4H3;2*1-2,5-6H,(H,7,8)(H,9,10);;;;;1-2H/q;;;4*+1;/p-4. The zero-order chi connectivity index (χ0) is 34.3. The zero-order valence-electron chi connectivity index (χ0n) is 25.8. The molecule has 0 radical (unpaired) electrons. The van der Waals surface area contributed by atoms with Gasteiger partial charge in [0.05, 0.1) is 37.0 Å². The minimum atomic E-state index is -2.44. The number of hydrogen-bond donors (Lipinski definition) is 6. The van der Waals surface area contributed by atoms with Crippen molar-refractivity contribution in [1.82, 2.24) is 10.5 Å². The van der Waals surface area contributed by atoms with Gasteiger partial charge in [-0.1, -0.05) is 0 Å². The number of aliphatic hydroxyl groups excluding tert-OH is 4. The molecule has 0 aliphatic carbocycles. The van der Waals surface area contributed by atoms with Crippen LogP contribution in [0.15, 0.2) is 0 Å². The van der Waals surface area contributed by atoms with Crippen LogP contribution in [0.1, 0.15) is 27.7 Å². The van der Waals surface area contributed by atoms with Crippen molar-refractivity contribution in [2.75, 3.05) is 13.1 Å². The molecule has 0 aromatic heterocycles. The van der Waals surface area contributed by atoms with Gasteiger partial charge in [-0.3, -0.25) is 29.7 Å². The predicted octanol–water partition coefficient (Wildman–Crippen LogP) is -22.0. The van der Waals surface area contributed by atoms with Crippen LogP contribution < -0.4 is 139 Å². The molecule has 24 nitrogen and oxygen atoms in total. The number of aliphatic hydroxyl groups is 4. The Bertz CT molecular complexity index is 787. The summed E-state index contributed by atoms with van der Waals surface area (Å²) in [4.78, 5) is 100.0. The third-order valence-electron chi connectivity index (χ3n) is 2.95. The monoisotopic (exact) mass is 714 g/mol. The van der Waals surface area contributed by atoms with E-state index in [2.05, 4.69) is 19.4 Å². The number of carbonyl (C=O) groups is 8. The van der Waals surface area contributed by atoms with Gasteiger partial charge >= 0.3 is 142 Å². The second kappa shape index (κ2) is 37.3. The molecule has 0 saturated carbocycles. The second-order valence-electron chi connectivity index (χ2n) is 6.50. The van der Waals surface area contributed by atoms with E-state index < -0.39 is 72.2 Å². The molecule has 0 aromatic rings. The summed E-state index contributed by atoms with van der Waals surface area (Å²) in [6.07, 6.45) is -9.76. The summed E-state index contributed by atoms with van der Waals surface area (Å²) in [5.74, 6) is -11.1. The Labute approximate surface area is 347 Å². The van der Waals surface area contributed by atoms with Gasteiger partial charge in [0.2, 0.25) is 0 Å². The molecular weight excluding hydrogens is 688 g/mol. The molecule has 0 heterocycles. The minimum Gasteiger partial charge on any atom is -0.547 e. The van der Waals surface area contributed by atoms with Crippen molar-refractivity contribution < 1.29 is 227 Å². The van der Waals surface area contributed by atoms with Crippen LogP contribution in [0.25, 0.3) is 0 Å². The fourth-order valence-electron chi connectivity index (χ4n) is 1.47. The van der Waals surface area contributed by atoms with Gasteiger partial charge in [-0.25, -0.2) is 0 Å². The van der Waals surface area contributed by atoms with Crippen LogP contribution in [0.5, 0.6) is 0 Å². The first-order valence-electron chi connectivity index (χ1n) is 10.2. The van der Waals surface area contributed by atoms with E-state index in [4.69, 9.17) is 30.9 Å². The smallest absolute Gasteiger partial charge is 0.547 e. The maximum Gasteiger partial charge on any atom is 1.00 e. The SMILES string of the molecule is CC(=O)ON(CCN(OC(C)=O)OC(C)=O)OC(C)=O.O=C([O-])C(O)C(O)C(=O)[O-].O=C([O-])C(O)C(O)C(=O)[O-].OO.[Na+].[Na+].[Na+].[Na+]. The third kappa shape index (κ3) is 39.6. The molecule has 4 unspecified atom stereocenters. The van der Waals surface area contributed by atoms with Crippen LogP contribution in [-0.4, -0.2) is 127 Å². The number of hydroxylamine groups is 4. The fourth-order valence-corrected chi connectivity index (χ4v) is 1.47. The van der Waals surface area contributed by atoms with Crippen molar-refractivity contribution in [3.05, 3.63) is 0 Å². The van der Waals surface area contributed by atoms with Gasteiger partial charge in [0.25, 0.3) is 0 Å². The van der Waals surface area contributed by atoms with E-state index in [0.717, 1.165) is 27.7 Å². The van der Waals surface area contributed by atoms with Gasteiger partial charge in [-0.15, -0.1) is 0 Å². The first-order chi connectivity index (χ1) is 19.1. The van der Waals surface area contributed by atoms with E-state index >= 15 is 0 Å². The molecule has 0 aliphatic heterocycles. The van der Waals surface area contributed by atoms with Crippen LogP contribution in [-0.2, 0) is 57.7 Å². The Kier molecular flexibility index (Phi) is 51.9. The summed E-state index contributed by atoms with van der Waals surface area (Å²) in [6.45, 7) is 3.97. The number of carboxylic acid groups (broad SMARTS) is 4. The van der Waals surface area contributed by atoms with Gasteiger partial charge in [-0.2, -0.15) is 0 Å². The van der Waals surface area contributed by atoms with Crippen molar-refractivity contribution in [2.45, 2.75) is 52.1 Å². The maximum absolute atomic E-state index is 10.8. The van der Waals surface area contributed by atoms with Crippen LogP contribution in [0.2, 0.25) is 0 Å². The molecule has 0 aromatic carbocycles. The summed E-state index contributed by atoms with van der Waals surface area (Å²) < 4.78 is 0. The molecule has 0 amide bonds. The number of carboxylic acids is 4. The zero-order valence-corrected chi connectivity index (χ0v) is 33.8. The third-order valence-corrected chi connectivity index (χ3v) is 2.95. The molecule has 4 atom stereocenters. The summed E-state index contributed by atoms with van der Waals surface area (Å²) in [6, 6.07) is 0. The first kappa shape index (κ1) is 64.0. The number of rotatable bonds is 13. The molecule has 46 heavy (non-hydrogen) atoms. The first-order valence-corrected chi connectivity index (χ1v) is 10.2. The Morgan fingerprint density at radius 2 is 0.587 bits per heavy atom. The van der Waals surface area contributed by atoms with E-state index in [-0.39, 0.29) is 131 Å². The quantitative estimate of drug-likeness (QED) is 0.0585. The van der Waals surface area contributed by atoms with Crippen molar-refractivity contribution in [2.24, 2.45) is 0 Å². The Morgan fingerprint density at radius 1 is 0.457 bits per heavy atom. The molecule has 0 saturated heterocycles. The van der Waals surface area contributed by atoms with Crippen molar-refractivity contribution in [1.29, 1.82) is 0 Å². The average Bonchev–Trinajstić information content (AvgIpc) is 2.85. The molecule has 0 fully saturated rings. The van der Waals surface area contributed by atoms with Crippen LogP contribution in [0, 0.1) is 0 Å². The number of nitrogens with zero attached hydrogens (tertiary/aromatic N) is 2. The van der Waals surface area contributed by atoms with Gasteiger partial charge < -0.3 is 79.4 Å². The molecular formula is C18H26N2Na4O22. The average molecular weight is 714 g/mol. The summed E-state index contributed by atoms with van der Waals surface area (Å²) in [5.41, 5.74) is 0. The molecule has 28 heteroatoms. The Hall–Kier alpha value is -0.560. The number of carbonyl (C=O) groups excluding carboxylic acids is 8. The topological polar surface area (TPSA) is 394 Å². The van der Waals surface area contributed by atoms with Crippen molar-refractivity contribution in [3.8, 4) is 0 Å². The molecule has 0 aliphatic rings. The fraction of sp³-hybridized carbons (Fsp3) is 0.556. The van der Waals surface area contributed by atoms with Gasteiger partial charge in [-0.05, 0) is 0 Å². The largest absolute Gasteiger partial charge is 1.00 e. The minimum absolute atomic E-state index is 0. The molecule has 0 spiro atoms. The maximum atomic E-state index is 10.8. The normalized spacial score (nSPS) is 11.4. The number of aliphatic carboxylic acids is 4. The second-order valence-corrected chi connectivity index (χ2v) is 6.50. The molecule has 0 bridgehead atoms. The molecule has 6 N–H and O–H groups in total. The Morgan fingerprint density at radius 3 is 0.674 bits per heavy atom. The predicted molar refractivity (Wildman–Crippen MR) is 110 cm³/mol. The van der Waals surface area contributed by atoms with Crippen molar-refractivity contribution in [3.63, 3.8) is 0 Å². The van der Waals surface area contributed by atoms with E-state index in [1.54, 1.807) is 0 Å². The van der Waals surface area contributed by atoms with Crippen molar-refractivity contribution >= 4 is 47.8 Å². The summed E-state index contributed by atoms with van der Waals surface area (Å²) >= 11 is 0. The molecule has 244 valence electrons. The van der Waals surface area contributed by atoms with Gasteiger partial charge in [0, 0.05) is 38.1 Å².